The Morgan fingerprint density at radius 2 is 1.82 bits per heavy atom. The van der Waals surface area contributed by atoms with Crippen LogP contribution in [0.25, 0.3) is 22.5 Å². The zero-order valence-electron chi connectivity index (χ0n) is 18.2. The predicted octanol–water partition coefficient (Wildman–Crippen LogP) is 4.32. The molecule has 1 amide bonds. The number of aromatic nitrogens is 6. The second kappa shape index (κ2) is 7.94. The number of hydrogen-bond donors (Lipinski definition) is 1. The van der Waals surface area contributed by atoms with Crippen molar-refractivity contribution >= 4 is 22.8 Å². The van der Waals surface area contributed by atoms with Crippen molar-refractivity contribution in [3.05, 3.63) is 89.3 Å². The highest BCUT2D eigenvalue weighted by molar-refractivity contribution is 6.04. The van der Waals surface area contributed by atoms with Crippen LogP contribution in [0, 0.1) is 26.6 Å². The molecule has 8 nitrogen and oxygen atoms in total. The number of halogens is 1. The first-order valence-electron chi connectivity index (χ1n) is 10.3. The number of anilines is 1. The normalized spacial score (nSPS) is 11.2. The Labute approximate surface area is 188 Å². The van der Waals surface area contributed by atoms with Crippen molar-refractivity contribution in [3.8, 4) is 11.5 Å². The van der Waals surface area contributed by atoms with E-state index in [4.69, 9.17) is 0 Å². The fourth-order valence-corrected chi connectivity index (χ4v) is 3.72. The molecule has 0 bridgehead atoms. The largest absolute Gasteiger partial charge is 0.306 e. The number of rotatable bonds is 4. The highest BCUT2D eigenvalue weighted by atomic mass is 19.1. The fourth-order valence-electron chi connectivity index (χ4n) is 3.72. The fraction of sp³-hybridized carbons (Fsp3) is 0.125. The minimum Gasteiger partial charge on any atom is -0.306 e. The summed E-state index contributed by atoms with van der Waals surface area (Å²) in [5, 5.41) is 12.4. The monoisotopic (exact) mass is 441 g/mol. The number of aryl methyl sites for hydroxylation is 2. The molecule has 2 aromatic carbocycles. The van der Waals surface area contributed by atoms with Crippen LogP contribution in [0.4, 0.5) is 10.2 Å². The summed E-state index contributed by atoms with van der Waals surface area (Å²) < 4.78 is 17.4. The summed E-state index contributed by atoms with van der Waals surface area (Å²) in [5.41, 5.74) is 4.36. The summed E-state index contributed by atoms with van der Waals surface area (Å²) in [6, 6.07) is 13.5. The number of fused-ring (bicyclic) bond motifs is 1. The Balaban J connectivity index is 1.60. The van der Waals surface area contributed by atoms with Crippen LogP contribution in [0.5, 0.6) is 0 Å². The quantitative estimate of drug-likeness (QED) is 0.449. The standard InChI is InChI=1S/C24H20FN7O/c1-14-7-6-10-20(16(14)3)31-22-18(12-28-31)23(27-13-26-22)32-21(11-15(2)30-32)29-24(33)17-8-4-5-9-19(17)25/h4-13H,1-3H3,(H,29,33). The molecule has 0 unspecified atom stereocenters. The lowest BCUT2D eigenvalue weighted by Crippen LogP contribution is -2.17. The van der Waals surface area contributed by atoms with Crippen LogP contribution in [0.3, 0.4) is 0 Å². The van der Waals surface area contributed by atoms with E-state index in [2.05, 4.69) is 25.5 Å². The lowest BCUT2D eigenvalue weighted by Gasteiger charge is -2.11. The molecule has 3 heterocycles. The number of carbonyl (C=O) groups is 1. The Hall–Kier alpha value is -4.40. The van der Waals surface area contributed by atoms with Gasteiger partial charge in [0, 0.05) is 6.07 Å². The van der Waals surface area contributed by atoms with Crippen LogP contribution in [-0.4, -0.2) is 35.4 Å². The van der Waals surface area contributed by atoms with Gasteiger partial charge in [-0.05, 0) is 50.1 Å². The van der Waals surface area contributed by atoms with Gasteiger partial charge in [-0.2, -0.15) is 14.9 Å². The third-order valence-corrected chi connectivity index (χ3v) is 5.54. The van der Waals surface area contributed by atoms with E-state index >= 15 is 0 Å². The molecule has 0 radical (unpaired) electrons. The highest BCUT2D eigenvalue weighted by Gasteiger charge is 2.19. The van der Waals surface area contributed by atoms with Gasteiger partial charge in [0.25, 0.3) is 5.91 Å². The summed E-state index contributed by atoms with van der Waals surface area (Å²) in [7, 11) is 0. The van der Waals surface area contributed by atoms with Gasteiger partial charge >= 0.3 is 0 Å². The van der Waals surface area contributed by atoms with Gasteiger partial charge in [0.05, 0.1) is 28.5 Å². The van der Waals surface area contributed by atoms with Gasteiger partial charge in [-0.15, -0.1) is 0 Å². The molecule has 0 fully saturated rings. The maximum atomic E-state index is 14.1. The molecule has 0 aliphatic heterocycles. The summed E-state index contributed by atoms with van der Waals surface area (Å²) >= 11 is 0. The number of amides is 1. The minimum atomic E-state index is -0.600. The second-order valence-corrected chi connectivity index (χ2v) is 7.73. The molecule has 0 aliphatic carbocycles. The topological polar surface area (TPSA) is 90.5 Å². The zero-order chi connectivity index (χ0) is 23.1. The predicted molar refractivity (Wildman–Crippen MR) is 122 cm³/mol. The van der Waals surface area contributed by atoms with Crippen molar-refractivity contribution in [3.63, 3.8) is 0 Å². The molecule has 1 N–H and O–H groups in total. The molecule has 3 aromatic heterocycles. The van der Waals surface area contributed by atoms with Crippen molar-refractivity contribution in [2.45, 2.75) is 20.8 Å². The third-order valence-electron chi connectivity index (χ3n) is 5.54. The molecule has 9 heteroatoms. The van der Waals surface area contributed by atoms with Gasteiger partial charge in [-0.25, -0.2) is 19.0 Å². The number of benzene rings is 2. The molecule has 0 saturated heterocycles. The first-order valence-corrected chi connectivity index (χ1v) is 10.3. The first-order chi connectivity index (χ1) is 15.9. The van der Waals surface area contributed by atoms with E-state index in [-0.39, 0.29) is 5.56 Å². The van der Waals surface area contributed by atoms with Gasteiger partial charge < -0.3 is 5.32 Å². The van der Waals surface area contributed by atoms with Gasteiger partial charge in [0.15, 0.2) is 11.5 Å². The summed E-state index contributed by atoms with van der Waals surface area (Å²) in [4.78, 5) is 21.6. The molecule has 5 rings (SSSR count). The first kappa shape index (κ1) is 20.5. The molecular weight excluding hydrogens is 421 g/mol. The van der Waals surface area contributed by atoms with Gasteiger partial charge in [0.1, 0.15) is 18.0 Å². The molecular formula is C24H20FN7O. The number of nitrogens with zero attached hydrogens (tertiary/aromatic N) is 6. The van der Waals surface area contributed by atoms with E-state index in [0.29, 0.717) is 28.4 Å². The van der Waals surface area contributed by atoms with E-state index in [1.54, 1.807) is 29.9 Å². The SMILES string of the molecule is Cc1cc(NC(=O)c2ccccc2F)n(-c2ncnc3c2cnn3-c2cccc(C)c2C)n1. The van der Waals surface area contributed by atoms with E-state index in [1.807, 2.05) is 32.0 Å². The smallest absolute Gasteiger partial charge is 0.259 e. The van der Waals surface area contributed by atoms with Crippen LogP contribution in [0.15, 0.2) is 61.1 Å². The minimum absolute atomic E-state index is 0.0570. The Kier molecular flexibility index (Phi) is 4.93. The van der Waals surface area contributed by atoms with Crippen LogP contribution < -0.4 is 5.32 Å². The van der Waals surface area contributed by atoms with E-state index in [0.717, 1.165) is 16.8 Å². The maximum absolute atomic E-state index is 14.1. The highest BCUT2D eigenvalue weighted by Crippen LogP contribution is 2.26. The summed E-state index contributed by atoms with van der Waals surface area (Å²) in [5.74, 6) is -0.364. The van der Waals surface area contributed by atoms with E-state index in [1.165, 1.54) is 29.2 Å². The molecule has 0 aliphatic rings. The number of nitrogens with one attached hydrogen (secondary N) is 1. The second-order valence-electron chi connectivity index (χ2n) is 7.73. The van der Waals surface area contributed by atoms with Crippen molar-refractivity contribution in [2.24, 2.45) is 0 Å². The van der Waals surface area contributed by atoms with Gasteiger partial charge in [0.2, 0.25) is 0 Å². The lowest BCUT2D eigenvalue weighted by atomic mass is 10.1. The van der Waals surface area contributed by atoms with E-state index < -0.39 is 11.7 Å². The Morgan fingerprint density at radius 3 is 2.64 bits per heavy atom. The van der Waals surface area contributed by atoms with Crippen LogP contribution in [-0.2, 0) is 0 Å². The van der Waals surface area contributed by atoms with Gasteiger partial charge in [-0.3, -0.25) is 4.79 Å². The van der Waals surface area contributed by atoms with Crippen LogP contribution >= 0.6 is 0 Å². The van der Waals surface area contributed by atoms with Gasteiger partial charge in [-0.1, -0.05) is 24.3 Å². The zero-order valence-corrected chi connectivity index (χ0v) is 18.2. The molecule has 5 aromatic rings. The molecule has 33 heavy (non-hydrogen) atoms. The maximum Gasteiger partial charge on any atom is 0.259 e. The summed E-state index contributed by atoms with van der Waals surface area (Å²) in [6.07, 6.45) is 3.10. The van der Waals surface area contributed by atoms with Crippen LogP contribution in [0.1, 0.15) is 27.2 Å². The summed E-state index contributed by atoms with van der Waals surface area (Å²) in [6.45, 7) is 5.88. The average Bonchev–Trinajstić information content (AvgIpc) is 3.39. The molecule has 0 spiro atoms. The van der Waals surface area contributed by atoms with Crippen molar-refractivity contribution in [1.82, 2.24) is 29.5 Å². The average molecular weight is 441 g/mol. The lowest BCUT2D eigenvalue weighted by molar-refractivity contribution is 0.102. The molecule has 0 saturated carbocycles. The van der Waals surface area contributed by atoms with Crippen LogP contribution in [0.2, 0.25) is 0 Å². The van der Waals surface area contributed by atoms with Crippen molar-refractivity contribution in [2.75, 3.05) is 5.32 Å². The van der Waals surface area contributed by atoms with E-state index in [9.17, 15) is 9.18 Å². The molecule has 0 atom stereocenters. The Bertz CT molecular complexity index is 1520. The Morgan fingerprint density at radius 1 is 1.00 bits per heavy atom. The van der Waals surface area contributed by atoms with Crippen molar-refractivity contribution < 1.29 is 9.18 Å². The number of carbonyl (C=O) groups excluding carboxylic acids is 1. The number of hydrogen-bond acceptors (Lipinski definition) is 5. The third kappa shape index (κ3) is 3.53. The van der Waals surface area contributed by atoms with Crippen molar-refractivity contribution in [1.29, 1.82) is 0 Å². The molecule has 164 valence electrons.